The largest absolute Gasteiger partial charge is 0.493 e. The van der Waals surface area contributed by atoms with Crippen molar-refractivity contribution in [2.45, 2.75) is 6.04 Å². The number of hydrogen-bond donors (Lipinski definition) is 0. The van der Waals surface area contributed by atoms with E-state index in [1.54, 1.807) is 48.5 Å². The van der Waals surface area contributed by atoms with Crippen LogP contribution in [0.4, 0.5) is 5.82 Å². The minimum atomic E-state index is -0.856. The highest BCUT2D eigenvalue weighted by molar-refractivity contribution is 6.30. The molecule has 0 saturated carbocycles. The van der Waals surface area contributed by atoms with Crippen LogP contribution in [0.5, 0.6) is 17.2 Å². The zero-order valence-electron chi connectivity index (χ0n) is 18.5. The van der Waals surface area contributed by atoms with Crippen LogP contribution in [0.25, 0.3) is 11.0 Å². The fraction of sp³-hybridized carbons (Fsp3) is 0.160. The molecule has 2 aromatic heterocycles. The molecule has 9 heteroatoms. The average molecular weight is 479 g/mol. The Morgan fingerprint density at radius 2 is 1.68 bits per heavy atom. The number of carbonyl (C=O) groups excluding carboxylic acids is 1. The molecule has 0 radical (unpaired) electrons. The number of ether oxygens (including phenoxy) is 3. The third-order valence-corrected chi connectivity index (χ3v) is 5.96. The van der Waals surface area contributed by atoms with Crippen molar-refractivity contribution < 1.29 is 23.4 Å². The summed E-state index contributed by atoms with van der Waals surface area (Å²) in [5.74, 6) is 0.924. The van der Waals surface area contributed by atoms with Crippen LogP contribution < -0.4 is 24.5 Å². The number of para-hydroxylation sites is 1. The van der Waals surface area contributed by atoms with Gasteiger partial charge in [-0.3, -0.25) is 14.5 Å². The van der Waals surface area contributed by atoms with Crippen molar-refractivity contribution in [3.63, 3.8) is 0 Å². The monoisotopic (exact) mass is 478 g/mol. The lowest BCUT2D eigenvalue weighted by Gasteiger charge is -2.25. The molecular formula is C25H19ClN2O6. The van der Waals surface area contributed by atoms with Crippen molar-refractivity contribution in [3.05, 3.63) is 86.9 Å². The number of amides is 1. The molecule has 5 rings (SSSR count). The third kappa shape index (κ3) is 3.26. The van der Waals surface area contributed by atoms with Crippen molar-refractivity contribution in [1.29, 1.82) is 0 Å². The van der Waals surface area contributed by atoms with Crippen LogP contribution >= 0.6 is 11.6 Å². The fourth-order valence-corrected chi connectivity index (χ4v) is 4.35. The number of hydrogen-bond acceptors (Lipinski definition) is 7. The van der Waals surface area contributed by atoms with Gasteiger partial charge in [-0.25, -0.2) is 4.98 Å². The number of carbonyl (C=O) groups is 1. The highest BCUT2D eigenvalue weighted by Crippen LogP contribution is 2.46. The van der Waals surface area contributed by atoms with Crippen LogP contribution in [-0.2, 0) is 0 Å². The number of pyridine rings is 1. The maximum Gasteiger partial charge on any atom is 0.296 e. The topological polar surface area (TPSA) is 91.1 Å². The number of benzene rings is 2. The highest BCUT2D eigenvalue weighted by atomic mass is 35.5. The van der Waals surface area contributed by atoms with Gasteiger partial charge in [0.25, 0.3) is 5.91 Å². The molecule has 172 valence electrons. The predicted molar refractivity (Wildman–Crippen MR) is 126 cm³/mol. The minimum Gasteiger partial charge on any atom is -0.493 e. The molecule has 1 aliphatic heterocycles. The number of halogens is 1. The van der Waals surface area contributed by atoms with E-state index in [2.05, 4.69) is 4.98 Å². The van der Waals surface area contributed by atoms with E-state index in [9.17, 15) is 9.59 Å². The first-order chi connectivity index (χ1) is 16.5. The van der Waals surface area contributed by atoms with Crippen LogP contribution in [0.2, 0.25) is 5.02 Å². The Labute approximate surface area is 199 Å². The van der Waals surface area contributed by atoms with Crippen molar-refractivity contribution in [3.8, 4) is 17.2 Å². The summed E-state index contributed by atoms with van der Waals surface area (Å²) in [5, 5.41) is 0.787. The molecule has 1 atom stereocenters. The molecule has 0 unspecified atom stereocenters. The van der Waals surface area contributed by atoms with E-state index < -0.39 is 11.9 Å². The van der Waals surface area contributed by atoms with E-state index in [-0.39, 0.29) is 16.8 Å². The Balaban J connectivity index is 1.83. The van der Waals surface area contributed by atoms with E-state index in [4.69, 9.17) is 30.2 Å². The van der Waals surface area contributed by atoms with Gasteiger partial charge in [0, 0.05) is 6.20 Å². The zero-order valence-corrected chi connectivity index (χ0v) is 19.3. The number of rotatable bonds is 5. The van der Waals surface area contributed by atoms with Crippen molar-refractivity contribution in [2.75, 3.05) is 26.2 Å². The normalized spacial score (nSPS) is 14.9. The number of fused-ring (bicyclic) bond motifs is 2. The smallest absolute Gasteiger partial charge is 0.296 e. The van der Waals surface area contributed by atoms with E-state index >= 15 is 0 Å². The van der Waals surface area contributed by atoms with Gasteiger partial charge in [0.15, 0.2) is 16.9 Å². The molecule has 0 spiro atoms. The van der Waals surface area contributed by atoms with Gasteiger partial charge >= 0.3 is 0 Å². The lowest BCUT2D eigenvalue weighted by molar-refractivity contribution is 0.0970. The van der Waals surface area contributed by atoms with Crippen LogP contribution in [0.15, 0.2) is 63.9 Å². The molecule has 0 saturated heterocycles. The summed E-state index contributed by atoms with van der Waals surface area (Å²) in [4.78, 5) is 33.0. The van der Waals surface area contributed by atoms with Gasteiger partial charge in [-0.15, -0.1) is 0 Å². The highest BCUT2D eigenvalue weighted by Gasteiger charge is 2.44. The van der Waals surface area contributed by atoms with Gasteiger partial charge in [0.05, 0.1) is 43.3 Å². The number of nitrogens with zero attached hydrogens (tertiary/aromatic N) is 2. The summed E-state index contributed by atoms with van der Waals surface area (Å²) in [6.07, 6.45) is 1.44. The van der Waals surface area contributed by atoms with E-state index in [0.29, 0.717) is 44.6 Å². The second-order valence-electron chi connectivity index (χ2n) is 7.54. The molecule has 3 heterocycles. The molecule has 34 heavy (non-hydrogen) atoms. The quantitative estimate of drug-likeness (QED) is 0.413. The van der Waals surface area contributed by atoms with Crippen molar-refractivity contribution in [1.82, 2.24) is 4.98 Å². The van der Waals surface area contributed by atoms with Crippen molar-refractivity contribution in [2.24, 2.45) is 0 Å². The summed E-state index contributed by atoms with van der Waals surface area (Å²) in [7, 11) is 4.49. The SMILES string of the molecule is COc1cc([C@H]2c3c(oc4ccccc4c3=O)C(=O)N2c2ccc(Cl)cn2)cc(OC)c1OC. The van der Waals surface area contributed by atoms with E-state index in [0.717, 1.165) is 0 Å². The van der Waals surface area contributed by atoms with Crippen LogP contribution in [-0.4, -0.2) is 32.2 Å². The summed E-state index contributed by atoms with van der Waals surface area (Å²) >= 11 is 6.02. The fourth-order valence-electron chi connectivity index (χ4n) is 4.24. The number of methoxy groups -OCH3 is 3. The zero-order chi connectivity index (χ0) is 24.0. The Morgan fingerprint density at radius 1 is 0.971 bits per heavy atom. The molecule has 1 aliphatic rings. The van der Waals surface area contributed by atoms with Gasteiger partial charge in [-0.2, -0.15) is 0 Å². The molecule has 8 nitrogen and oxygen atoms in total. The first-order valence-corrected chi connectivity index (χ1v) is 10.7. The molecule has 0 N–H and O–H groups in total. The Hall–Kier alpha value is -4.04. The summed E-state index contributed by atoms with van der Waals surface area (Å²) in [5.41, 5.74) is 0.783. The van der Waals surface area contributed by atoms with Crippen LogP contribution in [0.1, 0.15) is 27.7 Å². The predicted octanol–water partition coefficient (Wildman–Crippen LogP) is 4.62. The van der Waals surface area contributed by atoms with Gasteiger partial charge in [0.1, 0.15) is 11.4 Å². The average Bonchev–Trinajstić information content (AvgIpc) is 3.16. The van der Waals surface area contributed by atoms with Crippen molar-refractivity contribution >= 4 is 34.3 Å². The lowest BCUT2D eigenvalue weighted by Crippen LogP contribution is -2.30. The Bertz CT molecular complexity index is 1460. The first kappa shape index (κ1) is 21.8. The maximum atomic E-state index is 13.6. The minimum absolute atomic E-state index is 0.0424. The standard InChI is InChI=1S/C25H19ClN2O6/c1-31-17-10-13(11-18(32-2)23(17)33-3)21-20-22(29)15-6-4-5-7-16(15)34-24(20)25(30)28(21)19-9-8-14(26)12-27-19/h4-12,21H,1-3H3/t21-/m0/s1. The molecule has 0 fully saturated rings. The van der Waals surface area contributed by atoms with Crippen LogP contribution in [0, 0.1) is 0 Å². The number of anilines is 1. The summed E-state index contributed by atoms with van der Waals surface area (Å²) in [6, 6.07) is 12.6. The molecular weight excluding hydrogens is 460 g/mol. The maximum absolute atomic E-state index is 13.6. The van der Waals surface area contributed by atoms with E-state index in [1.807, 2.05) is 0 Å². The van der Waals surface area contributed by atoms with E-state index in [1.165, 1.54) is 32.4 Å². The molecule has 1 amide bonds. The van der Waals surface area contributed by atoms with Gasteiger partial charge in [-0.05, 0) is 42.0 Å². The third-order valence-electron chi connectivity index (χ3n) is 5.74. The molecule has 0 bridgehead atoms. The summed E-state index contributed by atoms with van der Waals surface area (Å²) in [6.45, 7) is 0. The number of aromatic nitrogens is 1. The van der Waals surface area contributed by atoms with Crippen LogP contribution in [0.3, 0.4) is 0 Å². The lowest BCUT2D eigenvalue weighted by atomic mass is 9.97. The molecule has 4 aromatic rings. The molecule has 0 aliphatic carbocycles. The van der Waals surface area contributed by atoms with Gasteiger partial charge in [0.2, 0.25) is 11.5 Å². The Morgan fingerprint density at radius 3 is 2.29 bits per heavy atom. The van der Waals surface area contributed by atoms with Gasteiger partial charge in [-0.1, -0.05) is 23.7 Å². The Kier molecular flexibility index (Phi) is 5.37. The molecule has 2 aromatic carbocycles. The summed E-state index contributed by atoms with van der Waals surface area (Å²) < 4.78 is 22.4. The first-order valence-electron chi connectivity index (χ1n) is 10.3. The second kappa shape index (κ2) is 8.39. The second-order valence-corrected chi connectivity index (χ2v) is 7.98. The van der Waals surface area contributed by atoms with Gasteiger partial charge < -0.3 is 18.6 Å².